The summed E-state index contributed by atoms with van der Waals surface area (Å²) in [6.45, 7) is 0. The molecule has 2 nitrogen and oxygen atoms in total. The van der Waals surface area contributed by atoms with E-state index in [2.05, 4.69) is 0 Å². The van der Waals surface area contributed by atoms with Gasteiger partial charge in [-0.2, -0.15) is 0 Å². The quantitative estimate of drug-likeness (QED) is 0.836. The Hall–Kier alpha value is -1.45. The van der Waals surface area contributed by atoms with Gasteiger partial charge in [0.15, 0.2) is 0 Å². The maximum absolute atomic E-state index is 13.9. The number of hydrogen-bond donors (Lipinski definition) is 1. The van der Waals surface area contributed by atoms with Gasteiger partial charge < -0.3 is 5.11 Å². The van der Waals surface area contributed by atoms with E-state index in [0.29, 0.717) is 12.8 Å². The Bertz CT molecular complexity index is 399. The summed E-state index contributed by atoms with van der Waals surface area (Å²) in [5.41, 5.74) is -1.21. The maximum Gasteiger partial charge on any atom is 0.312 e. The second kappa shape index (κ2) is 3.29. The van der Waals surface area contributed by atoms with Gasteiger partial charge in [-0.05, 0) is 30.5 Å². The van der Waals surface area contributed by atoms with E-state index >= 15 is 0 Å². The third-order valence-corrected chi connectivity index (χ3v) is 2.84. The molecule has 1 aromatic rings. The van der Waals surface area contributed by atoms with Gasteiger partial charge in [-0.3, -0.25) is 4.79 Å². The van der Waals surface area contributed by atoms with E-state index in [0.717, 1.165) is 6.07 Å². The molecular weight excluding hydrogens is 202 g/mol. The Labute approximate surface area is 85.5 Å². The SMILES string of the molecule is O=C(O)C1(C(F)c2cccc(F)c2)CC1. The summed E-state index contributed by atoms with van der Waals surface area (Å²) >= 11 is 0. The lowest BCUT2D eigenvalue weighted by molar-refractivity contribution is -0.146. The van der Waals surface area contributed by atoms with Gasteiger partial charge in [-0.1, -0.05) is 12.1 Å². The second-order valence-corrected chi connectivity index (χ2v) is 3.88. The fourth-order valence-electron chi connectivity index (χ4n) is 1.69. The third-order valence-electron chi connectivity index (χ3n) is 2.84. The Kier molecular flexibility index (Phi) is 2.21. The molecule has 1 aliphatic carbocycles. The van der Waals surface area contributed by atoms with Gasteiger partial charge >= 0.3 is 5.97 Å². The van der Waals surface area contributed by atoms with Crippen molar-refractivity contribution in [1.82, 2.24) is 0 Å². The van der Waals surface area contributed by atoms with E-state index in [1.54, 1.807) is 0 Å². The molecule has 0 spiro atoms. The second-order valence-electron chi connectivity index (χ2n) is 3.88. The number of aliphatic carboxylic acids is 1. The van der Waals surface area contributed by atoms with Crippen LogP contribution in [0.1, 0.15) is 24.6 Å². The third kappa shape index (κ3) is 1.60. The molecule has 1 atom stereocenters. The Morgan fingerprint density at radius 2 is 2.13 bits per heavy atom. The molecule has 4 heteroatoms. The number of carboxylic acid groups (broad SMARTS) is 1. The molecule has 1 saturated carbocycles. The number of halogens is 2. The number of alkyl halides is 1. The van der Waals surface area contributed by atoms with Crippen LogP contribution < -0.4 is 0 Å². The highest BCUT2D eigenvalue weighted by atomic mass is 19.1. The van der Waals surface area contributed by atoms with Gasteiger partial charge in [0.2, 0.25) is 0 Å². The monoisotopic (exact) mass is 212 g/mol. The summed E-state index contributed by atoms with van der Waals surface area (Å²) in [6.07, 6.45) is -0.981. The summed E-state index contributed by atoms with van der Waals surface area (Å²) in [5.74, 6) is -1.68. The van der Waals surface area contributed by atoms with E-state index in [1.165, 1.54) is 18.2 Å². The summed E-state index contributed by atoms with van der Waals surface area (Å²) < 4.78 is 26.7. The van der Waals surface area contributed by atoms with Crippen molar-refractivity contribution < 1.29 is 18.7 Å². The van der Waals surface area contributed by atoms with E-state index in [9.17, 15) is 13.6 Å². The zero-order valence-electron chi connectivity index (χ0n) is 7.91. The number of carbonyl (C=O) groups is 1. The minimum Gasteiger partial charge on any atom is -0.481 e. The highest BCUT2D eigenvalue weighted by Crippen LogP contribution is 2.56. The van der Waals surface area contributed by atoms with Crippen LogP contribution in [-0.2, 0) is 4.79 Å². The van der Waals surface area contributed by atoms with Gasteiger partial charge in [0.05, 0.1) is 0 Å². The molecule has 1 N–H and O–H groups in total. The van der Waals surface area contributed by atoms with Crippen LogP contribution in [0.5, 0.6) is 0 Å². The summed E-state index contributed by atoms with van der Waals surface area (Å²) in [5, 5.41) is 8.87. The van der Waals surface area contributed by atoms with E-state index in [-0.39, 0.29) is 5.56 Å². The van der Waals surface area contributed by atoms with Crippen molar-refractivity contribution >= 4 is 5.97 Å². The van der Waals surface area contributed by atoms with Crippen LogP contribution in [0.2, 0.25) is 0 Å². The molecule has 15 heavy (non-hydrogen) atoms. The van der Waals surface area contributed by atoms with Crippen molar-refractivity contribution in [3.05, 3.63) is 35.6 Å². The summed E-state index contributed by atoms with van der Waals surface area (Å²) in [7, 11) is 0. The first kappa shape index (κ1) is 10.1. The topological polar surface area (TPSA) is 37.3 Å². The lowest BCUT2D eigenvalue weighted by Gasteiger charge is -2.15. The number of benzene rings is 1. The average molecular weight is 212 g/mol. The van der Waals surface area contributed by atoms with Crippen LogP contribution in [0, 0.1) is 11.2 Å². The Morgan fingerprint density at radius 3 is 2.60 bits per heavy atom. The van der Waals surface area contributed by atoms with Crippen LogP contribution in [0.25, 0.3) is 0 Å². The smallest absolute Gasteiger partial charge is 0.312 e. The molecule has 0 bridgehead atoms. The molecule has 0 saturated heterocycles. The van der Waals surface area contributed by atoms with Gasteiger partial charge in [-0.25, -0.2) is 8.78 Å². The molecule has 0 radical (unpaired) electrons. The number of carboxylic acids is 1. The fraction of sp³-hybridized carbons (Fsp3) is 0.364. The number of hydrogen-bond acceptors (Lipinski definition) is 1. The van der Waals surface area contributed by atoms with Crippen LogP contribution in [0.3, 0.4) is 0 Å². The van der Waals surface area contributed by atoms with Gasteiger partial charge in [0, 0.05) is 0 Å². The van der Waals surface area contributed by atoms with Crippen LogP contribution in [-0.4, -0.2) is 11.1 Å². The highest BCUT2D eigenvalue weighted by Gasteiger charge is 2.57. The molecule has 1 unspecified atom stereocenters. The summed E-state index contributed by atoms with van der Waals surface area (Å²) in [4.78, 5) is 10.8. The van der Waals surface area contributed by atoms with Gasteiger partial charge in [0.1, 0.15) is 17.4 Å². The van der Waals surface area contributed by atoms with Crippen molar-refractivity contribution in [3.8, 4) is 0 Å². The van der Waals surface area contributed by atoms with E-state index in [4.69, 9.17) is 5.11 Å². The first-order valence-corrected chi connectivity index (χ1v) is 4.69. The minimum absolute atomic E-state index is 0.106. The lowest BCUT2D eigenvalue weighted by Crippen LogP contribution is -2.20. The zero-order chi connectivity index (χ0) is 11.1. The molecule has 1 aromatic carbocycles. The Morgan fingerprint density at radius 1 is 1.47 bits per heavy atom. The molecule has 0 heterocycles. The van der Waals surface area contributed by atoms with Crippen molar-refractivity contribution in [2.45, 2.75) is 19.0 Å². The fourth-order valence-corrected chi connectivity index (χ4v) is 1.69. The van der Waals surface area contributed by atoms with Crippen molar-refractivity contribution in [2.24, 2.45) is 5.41 Å². The van der Waals surface area contributed by atoms with Crippen molar-refractivity contribution in [2.75, 3.05) is 0 Å². The molecule has 1 aliphatic rings. The lowest BCUT2D eigenvalue weighted by atomic mass is 9.94. The first-order valence-electron chi connectivity index (χ1n) is 4.69. The molecule has 2 rings (SSSR count). The molecule has 0 aliphatic heterocycles. The van der Waals surface area contributed by atoms with Crippen molar-refractivity contribution in [3.63, 3.8) is 0 Å². The molecule has 0 aromatic heterocycles. The van der Waals surface area contributed by atoms with Gasteiger partial charge in [0.25, 0.3) is 0 Å². The summed E-state index contributed by atoms with van der Waals surface area (Å²) in [6, 6.07) is 5.05. The average Bonchev–Trinajstić information content (AvgIpc) is 2.97. The molecule has 80 valence electrons. The molecule has 1 fully saturated rings. The predicted molar refractivity (Wildman–Crippen MR) is 49.6 cm³/mol. The largest absolute Gasteiger partial charge is 0.481 e. The number of rotatable bonds is 3. The van der Waals surface area contributed by atoms with Crippen LogP contribution in [0.4, 0.5) is 8.78 Å². The van der Waals surface area contributed by atoms with Crippen LogP contribution >= 0.6 is 0 Å². The first-order chi connectivity index (χ1) is 7.06. The van der Waals surface area contributed by atoms with Crippen molar-refractivity contribution in [1.29, 1.82) is 0 Å². The molecular formula is C11H10F2O2. The van der Waals surface area contributed by atoms with Crippen LogP contribution in [0.15, 0.2) is 24.3 Å². The maximum atomic E-state index is 13.9. The minimum atomic E-state index is -1.62. The van der Waals surface area contributed by atoms with E-state index in [1.807, 2.05) is 0 Å². The molecule has 0 amide bonds. The standard InChI is InChI=1S/C11H10F2O2/c12-8-3-1-2-7(6-8)9(13)11(4-5-11)10(14)15/h1-3,6,9H,4-5H2,(H,14,15). The normalized spacial score (nSPS) is 19.6. The predicted octanol–water partition coefficient (Wildman–Crippen LogP) is 2.70. The Balaban J connectivity index is 2.29. The highest BCUT2D eigenvalue weighted by molar-refractivity contribution is 5.79. The zero-order valence-corrected chi connectivity index (χ0v) is 7.91. The van der Waals surface area contributed by atoms with Gasteiger partial charge in [-0.15, -0.1) is 0 Å². The van der Waals surface area contributed by atoms with E-state index < -0.39 is 23.4 Å².